The minimum atomic E-state index is 0.602. The lowest BCUT2D eigenvalue weighted by molar-refractivity contribution is 0.304. The number of anilines is 1. The highest BCUT2D eigenvalue weighted by Crippen LogP contribution is 2.25. The van der Waals surface area contributed by atoms with Crippen LogP contribution < -0.4 is 10.2 Å². The van der Waals surface area contributed by atoms with E-state index in [1.54, 1.807) is 6.21 Å². The first kappa shape index (κ1) is 22.6. The van der Waals surface area contributed by atoms with E-state index in [9.17, 15) is 0 Å². The van der Waals surface area contributed by atoms with E-state index in [1.165, 1.54) is 38.5 Å². The molecule has 0 fully saturated rings. The third-order valence-corrected chi connectivity index (χ3v) is 5.24. The molecule has 0 bridgehead atoms. The second-order valence-electron chi connectivity index (χ2n) is 6.99. The Morgan fingerprint density at radius 1 is 0.929 bits per heavy atom. The van der Waals surface area contributed by atoms with Gasteiger partial charge < -0.3 is 4.74 Å². The molecule has 1 N–H and O–H groups in total. The Morgan fingerprint density at radius 2 is 1.68 bits per heavy atom. The topological polar surface area (TPSA) is 33.6 Å². The van der Waals surface area contributed by atoms with Crippen LogP contribution in [0.25, 0.3) is 0 Å². The van der Waals surface area contributed by atoms with Crippen molar-refractivity contribution >= 4 is 35.1 Å². The molecule has 2 aromatic rings. The maximum atomic E-state index is 6.34. The van der Waals surface area contributed by atoms with Crippen molar-refractivity contribution in [2.45, 2.75) is 58.8 Å². The number of nitrogens with zero attached hydrogens (tertiary/aromatic N) is 1. The Balaban J connectivity index is 1.74. The number of hydrogen-bond donors (Lipinski definition) is 1. The van der Waals surface area contributed by atoms with Crippen LogP contribution in [0.15, 0.2) is 41.5 Å². The smallest absolute Gasteiger partial charge is 0.137 e. The molecule has 0 saturated heterocycles. The maximum Gasteiger partial charge on any atom is 0.137 e. The van der Waals surface area contributed by atoms with Gasteiger partial charge in [-0.15, -0.1) is 0 Å². The summed E-state index contributed by atoms with van der Waals surface area (Å²) in [6, 6.07) is 11.4. The number of hydrogen-bond acceptors (Lipinski definition) is 3. The number of hydrazone groups is 1. The van der Waals surface area contributed by atoms with E-state index in [1.807, 2.05) is 43.3 Å². The summed E-state index contributed by atoms with van der Waals surface area (Å²) in [4.78, 5) is 0. The standard InChI is InChI=1S/C23H30Cl2N2O/c1-3-4-5-6-7-8-9-14-28-23-13-11-19(15-22(23)25)17-26-27-20-12-10-18(2)21(24)16-20/h10-13,15-17,27H,3-9,14H2,1-2H3/b26-17+. The molecule has 0 aliphatic rings. The summed E-state index contributed by atoms with van der Waals surface area (Å²) in [5.74, 6) is 0.725. The fourth-order valence-electron chi connectivity index (χ4n) is 2.80. The molecule has 0 atom stereocenters. The zero-order chi connectivity index (χ0) is 20.2. The number of aryl methyl sites for hydroxylation is 1. The fraction of sp³-hybridized carbons (Fsp3) is 0.435. The van der Waals surface area contributed by atoms with Gasteiger partial charge in [0, 0.05) is 5.02 Å². The first-order valence-corrected chi connectivity index (χ1v) is 10.8. The number of rotatable bonds is 12. The van der Waals surface area contributed by atoms with Gasteiger partial charge in [-0.3, -0.25) is 5.43 Å². The summed E-state index contributed by atoms with van der Waals surface area (Å²) in [7, 11) is 0. The summed E-state index contributed by atoms with van der Waals surface area (Å²) >= 11 is 12.5. The highest BCUT2D eigenvalue weighted by Gasteiger charge is 2.03. The van der Waals surface area contributed by atoms with Crippen LogP contribution in [0.5, 0.6) is 5.75 Å². The van der Waals surface area contributed by atoms with E-state index >= 15 is 0 Å². The van der Waals surface area contributed by atoms with Crippen LogP contribution in [0.2, 0.25) is 10.0 Å². The molecule has 2 rings (SSSR count). The quantitative estimate of drug-likeness (QED) is 0.215. The third kappa shape index (κ3) is 8.12. The monoisotopic (exact) mass is 420 g/mol. The molecule has 0 heterocycles. The van der Waals surface area contributed by atoms with Crippen LogP contribution in [-0.2, 0) is 0 Å². The molecule has 0 amide bonds. The third-order valence-electron chi connectivity index (χ3n) is 4.54. The van der Waals surface area contributed by atoms with Crippen molar-refractivity contribution in [2.24, 2.45) is 5.10 Å². The highest BCUT2D eigenvalue weighted by atomic mass is 35.5. The average Bonchev–Trinajstić information content (AvgIpc) is 2.68. The van der Waals surface area contributed by atoms with Crippen LogP contribution in [0.4, 0.5) is 5.69 Å². The normalized spacial score (nSPS) is 11.1. The minimum Gasteiger partial charge on any atom is -0.492 e. The molecule has 28 heavy (non-hydrogen) atoms. The van der Waals surface area contributed by atoms with Gasteiger partial charge in [-0.1, -0.05) is 74.7 Å². The summed E-state index contributed by atoms with van der Waals surface area (Å²) in [5, 5.41) is 5.55. The van der Waals surface area contributed by atoms with Crippen molar-refractivity contribution in [3.63, 3.8) is 0 Å². The van der Waals surface area contributed by atoms with E-state index in [-0.39, 0.29) is 0 Å². The number of halogens is 2. The Labute approximate surface area is 179 Å². The minimum absolute atomic E-state index is 0.602. The molecular formula is C23H30Cl2N2O. The molecule has 2 aromatic carbocycles. The van der Waals surface area contributed by atoms with Crippen molar-refractivity contribution in [1.82, 2.24) is 0 Å². The van der Waals surface area contributed by atoms with Gasteiger partial charge in [0.25, 0.3) is 0 Å². The lowest BCUT2D eigenvalue weighted by Crippen LogP contribution is -1.98. The Bertz CT molecular complexity index is 762. The van der Waals surface area contributed by atoms with Crippen LogP contribution in [0.3, 0.4) is 0 Å². The molecular weight excluding hydrogens is 391 g/mol. The van der Waals surface area contributed by atoms with E-state index in [2.05, 4.69) is 17.5 Å². The fourth-order valence-corrected chi connectivity index (χ4v) is 3.22. The van der Waals surface area contributed by atoms with Crippen LogP contribution in [0.1, 0.15) is 63.0 Å². The number of nitrogens with one attached hydrogen (secondary N) is 1. The first-order valence-electron chi connectivity index (χ1n) is 10.1. The van der Waals surface area contributed by atoms with Crippen LogP contribution >= 0.6 is 23.2 Å². The van der Waals surface area contributed by atoms with Crippen molar-refractivity contribution in [1.29, 1.82) is 0 Å². The largest absolute Gasteiger partial charge is 0.492 e. The molecule has 0 spiro atoms. The average molecular weight is 421 g/mol. The predicted molar refractivity (Wildman–Crippen MR) is 122 cm³/mol. The summed E-state index contributed by atoms with van der Waals surface area (Å²) in [6.07, 6.45) is 10.6. The van der Waals surface area contributed by atoms with Gasteiger partial charge in [-0.25, -0.2) is 0 Å². The van der Waals surface area contributed by atoms with Gasteiger partial charge in [-0.05, 0) is 54.8 Å². The number of ether oxygens (including phenoxy) is 1. The van der Waals surface area contributed by atoms with Gasteiger partial charge in [0.2, 0.25) is 0 Å². The zero-order valence-corrected chi connectivity index (χ0v) is 18.3. The van der Waals surface area contributed by atoms with Gasteiger partial charge in [0.05, 0.1) is 23.5 Å². The lowest BCUT2D eigenvalue weighted by Gasteiger charge is -2.08. The maximum absolute atomic E-state index is 6.34. The van der Waals surface area contributed by atoms with E-state index < -0.39 is 0 Å². The van der Waals surface area contributed by atoms with E-state index in [0.717, 1.165) is 29.0 Å². The molecule has 3 nitrogen and oxygen atoms in total. The molecule has 5 heteroatoms. The van der Waals surface area contributed by atoms with E-state index in [0.29, 0.717) is 16.7 Å². The van der Waals surface area contributed by atoms with Crippen LogP contribution in [0, 0.1) is 6.92 Å². The van der Waals surface area contributed by atoms with Crippen molar-refractivity contribution in [3.05, 3.63) is 57.6 Å². The lowest BCUT2D eigenvalue weighted by atomic mass is 10.1. The SMILES string of the molecule is CCCCCCCCCOc1ccc(/C=N/Nc2ccc(C)c(Cl)c2)cc1Cl. The predicted octanol–water partition coefficient (Wildman–Crippen LogP) is 7.88. The van der Waals surface area contributed by atoms with Crippen molar-refractivity contribution in [3.8, 4) is 5.75 Å². The molecule has 152 valence electrons. The second kappa shape index (κ2) is 12.7. The van der Waals surface area contributed by atoms with Gasteiger partial charge in [0.1, 0.15) is 5.75 Å². The zero-order valence-electron chi connectivity index (χ0n) is 16.8. The second-order valence-corrected chi connectivity index (χ2v) is 7.81. The molecule has 0 aliphatic carbocycles. The Kier molecular flexibility index (Phi) is 10.2. The van der Waals surface area contributed by atoms with Gasteiger partial charge >= 0.3 is 0 Å². The summed E-state index contributed by atoms with van der Waals surface area (Å²) in [5.41, 5.74) is 5.75. The van der Waals surface area contributed by atoms with Gasteiger partial charge in [0.15, 0.2) is 0 Å². The molecule has 0 aromatic heterocycles. The van der Waals surface area contributed by atoms with Crippen molar-refractivity contribution in [2.75, 3.05) is 12.0 Å². The molecule has 0 unspecified atom stereocenters. The Hall–Kier alpha value is -1.71. The number of unbranched alkanes of at least 4 members (excludes halogenated alkanes) is 6. The molecule has 0 aliphatic heterocycles. The van der Waals surface area contributed by atoms with Crippen LogP contribution in [-0.4, -0.2) is 12.8 Å². The molecule has 0 saturated carbocycles. The number of benzene rings is 2. The first-order chi connectivity index (χ1) is 13.6. The van der Waals surface area contributed by atoms with Crippen molar-refractivity contribution < 1.29 is 4.74 Å². The molecule has 0 radical (unpaired) electrons. The van der Waals surface area contributed by atoms with Gasteiger partial charge in [-0.2, -0.15) is 5.10 Å². The highest BCUT2D eigenvalue weighted by molar-refractivity contribution is 6.32. The summed E-state index contributed by atoms with van der Waals surface area (Å²) < 4.78 is 5.81. The summed E-state index contributed by atoms with van der Waals surface area (Å²) in [6.45, 7) is 4.91. The Morgan fingerprint density at radius 3 is 2.39 bits per heavy atom. The van der Waals surface area contributed by atoms with E-state index in [4.69, 9.17) is 27.9 Å².